The van der Waals surface area contributed by atoms with Crippen molar-refractivity contribution < 1.29 is 14.3 Å². The van der Waals surface area contributed by atoms with Gasteiger partial charge in [-0.1, -0.05) is 35.0 Å². The number of benzene rings is 1. The van der Waals surface area contributed by atoms with Crippen LogP contribution in [0.25, 0.3) is 0 Å². The number of amides is 1. The first-order chi connectivity index (χ1) is 11.1. The molecular formula is C15H12Cl2N2O3S. The molecule has 8 heteroatoms. The summed E-state index contributed by atoms with van der Waals surface area (Å²) in [4.78, 5) is 27.3. The molecule has 1 aromatic carbocycles. The Morgan fingerprint density at radius 1 is 1.39 bits per heavy atom. The average molecular weight is 371 g/mol. The molecular weight excluding hydrogens is 359 g/mol. The van der Waals surface area contributed by atoms with Gasteiger partial charge in [-0.3, -0.25) is 4.79 Å². The van der Waals surface area contributed by atoms with E-state index in [1.807, 2.05) is 0 Å². The number of hydrogen-bond acceptors (Lipinski definition) is 5. The van der Waals surface area contributed by atoms with Gasteiger partial charge in [0, 0.05) is 28.8 Å². The summed E-state index contributed by atoms with van der Waals surface area (Å²) < 4.78 is 4.55. The van der Waals surface area contributed by atoms with Gasteiger partial charge in [-0.2, -0.15) is 0 Å². The molecule has 1 amide bonds. The van der Waals surface area contributed by atoms with Gasteiger partial charge in [0.05, 0.1) is 17.2 Å². The molecule has 0 radical (unpaired) electrons. The minimum absolute atomic E-state index is 0.137. The van der Waals surface area contributed by atoms with Crippen LogP contribution in [0.4, 0.5) is 4.79 Å². The summed E-state index contributed by atoms with van der Waals surface area (Å²) in [7, 11) is 1.27. The predicted molar refractivity (Wildman–Crippen MR) is 89.5 cm³/mol. The van der Waals surface area contributed by atoms with Gasteiger partial charge < -0.3 is 10.1 Å². The van der Waals surface area contributed by atoms with E-state index >= 15 is 0 Å². The Balaban J connectivity index is 2.35. The number of alkyl carbamates (subject to hydrolysis) is 1. The van der Waals surface area contributed by atoms with E-state index in [1.165, 1.54) is 18.9 Å². The standard InChI is InChI=1S/C15H12Cl2N2O3S/c1-22-15(21)19-7-10-12(5-4-11(16)13(10)17)23-14-9(8-20)3-2-6-18-14/h2-6,8H,7H2,1H3,(H,19,21). The fraction of sp³-hybridized carbons (Fsp3) is 0.133. The van der Waals surface area contributed by atoms with Gasteiger partial charge in [0.25, 0.3) is 0 Å². The van der Waals surface area contributed by atoms with Crippen molar-refractivity contribution in [2.75, 3.05) is 7.11 Å². The number of halogens is 2. The van der Waals surface area contributed by atoms with Crippen LogP contribution in [0.1, 0.15) is 15.9 Å². The molecule has 0 saturated heterocycles. The van der Waals surface area contributed by atoms with Crippen molar-refractivity contribution in [3.63, 3.8) is 0 Å². The highest BCUT2D eigenvalue weighted by molar-refractivity contribution is 7.99. The van der Waals surface area contributed by atoms with Gasteiger partial charge in [0.1, 0.15) is 5.03 Å². The van der Waals surface area contributed by atoms with Gasteiger partial charge in [0.2, 0.25) is 0 Å². The lowest BCUT2D eigenvalue weighted by Crippen LogP contribution is -2.22. The topological polar surface area (TPSA) is 68.3 Å². The highest BCUT2D eigenvalue weighted by atomic mass is 35.5. The smallest absolute Gasteiger partial charge is 0.407 e. The zero-order valence-electron chi connectivity index (χ0n) is 12.0. The largest absolute Gasteiger partial charge is 0.453 e. The van der Waals surface area contributed by atoms with Crippen LogP contribution in [-0.2, 0) is 11.3 Å². The van der Waals surface area contributed by atoms with Gasteiger partial charge >= 0.3 is 6.09 Å². The quantitative estimate of drug-likeness (QED) is 0.798. The molecule has 0 aliphatic heterocycles. The van der Waals surface area contributed by atoms with E-state index in [2.05, 4.69) is 15.0 Å². The van der Waals surface area contributed by atoms with E-state index in [0.29, 0.717) is 26.2 Å². The van der Waals surface area contributed by atoms with Crippen molar-refractivity contribution in [1.29, 1.82) is 0 Å². The molecule has 0 fully saturated rings. The number of ether oxygens (including phenoxy) is 1. The Morgan fingerprint density at radius 3 is 2.87 bits per heavy atom. The maximum absolute atomic E-state index is 11.3. The summed E-state index contributed by atoms with van der Waals surface area (Å²) in [6.07, 6.45) is 1.75. The summed E-state index contributed by atoms with van der Waals surface area (Å²) in [6, 6.07) is 6.77. The molecule has 0 atom stereocenters. The van der Waals surface area contributed by atoms with Crippen molar-refractivity contribution in [2.24, 2.45) is 0 Å². The molecule has 0 aliphatic rings. The third-order valence-electron chi connectivity index (χ3n) is 2.88. The van der Waals surface area contributed by atoms with Gasteiger partial charge in [-0.25, -0.2) is 9.78 Å². The molecule has 5 nitrogen and oxygen atoms in total. The van der Waals surface area contributed by atoms with Gasteiger partial charge in [0.15, 0.2) is 6.29 Å². The second-order valence-electron chi connectivity index (χ2n) is 4.30. The zero-order valence-corrected chi connectivity index (χ0v) is 14.3. The number of carbonyl (C=O) groups is 2. The van der Waals surface area contributed by atoms with Crippen molar-refractivity contribution in [2.45, 2.75) is 16.5 Å². The van der Waals surface area contributed by atoms with Crippen LogP contribution in [0, 0.1) is 0 Å². The molecule has 1 N–H and O–H groups in total. The second-order valence-corrected chi connectivity index (χ2v) is 6.12. The molecule has 2 rings (SSSR count). The lowest BCUT2D eigenvalue weighted by Gasteiger charge is -2.13. The highest BCUT2D eigenvalue weighted by Crippen LogP contribution is 2.37. The third-order valence-corrected chi connectivity index (χ3v) is 4.86. The van der Waals surface area contributed by atoms with E-state index in [9.17, 15) is 9.59 Å². The van der Waals surface area contributed by atoms with Crippen LogP contribution in [0.2, 0.25) is 10.0 Å². The summed E-state index contributed by atoms with van der Waals surface area (Å²) in [5.41, 5.74) is 1.09. The molecule has 2 aromatic rings. The minimum Gasteiger partial charge on any atom is -0.453 e. The number of aromatic nitrogens is 1. The van der Waals surface area contributed by atoms with Gasteiger partial charge in [-0.05, 0) is 24.3 Å². The molecule has 1 heterocycles. The monoisotopic (exact) mass is 370 g/mol. The molecule has 0 spiro atoms. The first kappa shape index (κ1) is 17.6. The van der Waals surface area contributed by atoms with E-state index in [0.717, 1.165) is 11.2 Å². The first-order valence-electron chi connectivity index (χ1n) is 6.43. The SMILES string of the molecule is COC(=O)NCc1c(Sc2ncccc2C=O)ccc(Cl)c1Cl. The van der Waals surface area contributed by atoms with E-state index in [1.54, 1.807) is 30.5 Å². The fourth-order valence-electron chi connectivity index (χ4n) is 1.75. The summed E-state index contributed by atoms with van der Waals surface area (Å²) in [5.74, 6) is 0. The van der Waals surface area contributed by atoms with Crippen LogP contribution >= 0.6 is 35.0 Å². The third kappa shape index (κ3) is 4.37. The van der Waals surface area contributed by atoms with Crippen molar-refractivity contribution >= 4 is 47.3 Å². The van der Waals surface area contributed by atoms with Crippen molar-refractivity contribution in [3.8, 4) is 0 Å². The summed E-state index contributed by atoms with van der Waals surface area (Å²) in [6.45, 7) is 0.137. The summed E-state index contributed by atoms with van der Waals surface area (Å²) >= 11 is 13.5. The number of nitrogens with one attached hydrogen (secondary N) is 1. The van der Waals surface area contributed by atoms with Crippen LogP contribution in [0.5, 0.6) is 0 Å². The zero-order chi connectivity index (χ0) is 16.8. The molecule has 120 valence electrons. The maximum Gasteiger partial charge on any atom is 0.407 e. The van der Waals surface area contributed by atoms with E-state index < -0.39 is 6.09 Å². The number of hydrogen-bond donors (Lipinski definition) is 1. The minimum atomic E-state index is -0.580. The Kier molecular flexibility index (Phi) is 6.27. The second kappa shape index (κ2) is 8.19. The van der Waals surface area contributed by atoms with Crippen LogP contribution in [0.15, 0.2) is 40.4 Å². The number of rotatable bonds is 5. The Bertz CT molecular complexity index is 741. The number of aldehydes is 1. The molecule has 0 saturated carbocycles. The molecule has 0 aliphatic carbocycles. The molecule has 0 bridgehead atoms. The normalized spacial score (nSPS) is 10.2. The van der Waals surface area contributed by atoms with E-state index in [4.69, 9.17) is 23.2 Å². The first-order valence-corrected chi connectivity index (χ1v) is 8.00. The highest BCUT2D eigenvalue weighted by Gasteiger charge is 2.15. The molecule has 0 unspecified atom stereocenters. The number of pyridine rings is 1. The average Bonchev–Trinajstić information content (AvgIpc) is 2.57. The lowest BCUT2D eigenvalue weighted by molar-refractivity contribution is 0.112. The van der Waals surface area contributed by atoms with Crippen LogP contribution < -0.4 is 5.32 Å². The maximum atomic E-state index is 11.3. The van der Waals surface area contributed by atoms with Crippen molar-refractivity contribution in [3.05, 3.63) is 51.6 Å². The Hall–Kier alpha value is -1.76. The Labute approximate surface area is 147 Å². The predicted octanol–water partition coefficient (Wildman–Crippen LogP) is 4.21. The lowest BCUT2D eigenvalue weighted by atomic mass is 10.2. The summed E-state index contributed by atoms with van der Waals surface area (Å²) in [5, 5.41) is 3.81. The van der Waals surface area contributed by atoms with Crippen LogP contribution in [0.3, 0.4) is 0 Å². The molecule has 23 heavy (non-hydrogen) atoms. The number of methoxy groups -OCH3 is 1. The fourth-order valence-corrected chi connectivity index (χ4v) is 3.20. The Morgan fingerprint density at radius 2 is 2.17 bits per heavy atom. The van der Waals surface area contributed by atoms with Crippen LogP contribution in [-0.4, -0.2) is 24.5 Å². The molecule has 1 aromatic heterocycles. The number of nitrogens with zero attached hydrogens (tertiary/aromatic N) is 1. The number of carbonyl (C=O) groups excluding carboxylic acids is 2. The van der Waals surface area contributed by atoms with Gasteiger partial charge in [-0.15, -0.1) is 0 Å². The van der Waals surface area contributed by atoms with Crippen molar-refractivity contribution in [1.82, 2.24) is 10.3 Å². The van der Waals surface area contributed by atoms with E-state index in [-0.39, 0.29) is 6.54 Å².